The van der Waals surface area contributed by atoms with Gasteiger partial charge in [0.15, 0.2) is 0 Å². The molecule has 0 N–H and O–H groups in total. The molecule has 4 heterocycles. The van der Waals surface area contributed by atoms with Gasteiger partial charge in [-0.3, -0.25) is 9.78 Å². The number of amides is 1. The first-order valence-electron chi connectivity index (χ1n) is 9.31. The minimum absolute atomic E-state index is 0.0468. The number of hydrogen-bond acceptors (Lipinski definition) is 4. The number of fused-ring (bicyclic) bond motifs is 1. The highest BCUT2D eigenvalue weighted by atomic mass is 16.5. The smallest absolute Gasteiger partial charge is 0.226 e. The summed E-state index contributed by atoms with van der Waals surface area (Å²) < 4.78 is 13.7. The van der Waals surface area contributed by atoms with Crippen molar-refractivity contribution >= 4 is 5.91 Å². The van der Waals surface area contributed by atoms with Gasteiger partial charge in [-0.25, -0.2) is 0 Å². The van der Waals surface area contributed by atoms with Crippen molar-refractivity contribution in [3.05, 3.63) is 54.1 Å². The number of rotatable bonds is 4. The van der Waals surface area contributed by atoms with Crippen molar-refractivity contribution in [2.24, 2.45) is 5.92 Å². The summed E-state index contributed by atoms with van der Waals surface area (Å²) in [5.74, 6) is 0.302. The summed E-state index contributed by atoms with van der Waals surface area (Å²) in [7, 11) is 0. The van der Waals surface area contributed by atoms with Crippen molar-refractivity contribution in [3.63, 3.8) is 0 Å². The van der Waals surface area contributed by atoms with E-state index in [1.165, 1.54) is 0 Å². The van der Waals surface area contributed by atoms with Crippen LogP contribution >= 0.6 is 0 Å². The van der Waals surface area contributed by atoms with E-state index >= 15 is 0 Å². The average Bonchev–Trinajstić information content (AvgIpc) is 3.05. The first-order chi connectivity index (χ1) is 12.8. The Morgan fingerprint density at radius 2 is 2.08 bits per heavy atom. The Kier molecular flexibility index (Phi) is 5.32. The third-order valence-electron chi connectivity index (χ3n) is 5.18. The van der Waals surface area contributed by atoms with Crippen LogP contribution in [-0.4, -0.2) is 46.2 Å². The van der Waals surface area contributed by atoms with Gasteiger partial charge in [-0.2, -0.15) is 0 Å². The number of carbonyl (C=O) groups is 1. The number of carbonyl (C=O) groups excluding carboxylic acids is 1. The van der Waals surface area contributed by atoms with Crippen molar-refractivity contribution in [2.45, 2.75) is 38.6 Å². The molecule has 2 aromatic heterocycles. The quantitative estimate of drug-likeness (QED) is 0.844. The van der Waals surface area contributed by atoms with Gasteiger partial charge in [-0.15, -0.1) is 0 Å². The normalized spacial score (nSPS) is 21.2. The number of hydrogen-bond donors (Lipinski definition) is 0. The van der Waals surface area contributed by atoms with Crippen LogP contribution in [-0.2, 0) is 34.0 Å². The van der Waals surface area contributed by atoms with Crippen LogP contribution in [0.3, 0.4) is 0 Å². The Morgan fingerprint density at radius 3 is 2.88 bits per heavy atom. The van der Waals surface area contributed by atoms with Crippen molar-refractivity contribution in [1.29, 1.82) is 0 Å². The molecule has 0 aromatic carbocycles. The minimum Gasteiger partial charge on any atom is -0.381 e. The first kappa shape index (κ1) is 17.2. The van der Waals surface area contributed by atoms with E-state index in [9.17, 15) is 4.79 Å². The fourth-order valence-corrected chi connectivity index (χ4v) is 3.72. The van der Waals surface area contributed by atoms with Crippen molar-refractivity contribution < 1.29 is 14.3 Å². The van der Waals surface area contributed by atoms with Gasteiger partial charge in [0.1, 0.15) is 0 Å². The lowest BCUT2D eigenvalue weighted by Gasteiger charge is -2.30. The lowest BCUT2D eigenvalue weighted by atomic mass is 9.98. The Hall–Kier alpha value is -2.18. The Morgan fingerprint density at radius 1 is 1.19 bits per heavy atom. The fraction of sp³-hybridized carbons (Fsp3) is 0.500. The Bertz CT molecular complexity index is 725. The predicted octanol–water partition coefficient (Wildman–Crippen LogP) is 2.24. The molecule has 6 heteroatoms. The van der Waals surface area contributed by atoms with Crippen LogP contribution in [0, 0.1) is 5.92 Å². The monoisotopic (exact) mass is 355 g/mol. The van der Waals surface area contributed by atoms with E-state index in [1.54, 1.807) is 6.20 Å². The summed E-state index contributed by atoms with van der Waals surface area (Å²) >= 11 is 0. The number of aromatic nitrogens is 2. The molecule has 0 saturated carbocycles. The van der Waals surface area contributed by atoms with Crippen LogP contribution in [0.15, 0.2) is 42.7 Å². The molecule has 2 aromatic rings. The van der Waals surface area contributed by atoms with Crippen molar-refractivity contribution in [3.8, 4) is 0 Å². The molecule has 1 fully saturated rings. The highest BCUT2D eigenvalue weighted by molar-refractivity contribution is 5.79. The number of ether oxygens (including phenoxy) is 2. The number of nitrogens with zero attached hydrogens (tertiary/aromatic N) is 3. The molecule has 0 unspecified atom stereocenters. The third kappa shape index (κ3) is 3.97. The summed E-state index contributed by atoms with van der Waals surface area (Å²) in [5, 5.41) is 0. The molecule has 4 rings (SSSR count). The maximum absolute atomic E-state index is 13.1. The van der Waals surface area contributed by atoms with E-state index in [2.05, 4.69) is 21.8 Å². The summed E-state index contributed by atoms with van der Waals surface area (Å²) in [6, 6.07) is 9.95. The zero-order valence-corrected chi connectivity index (χ0v) is 14.9. The lowest BCUT2D eigenvalue weighted by molar-refractivity contribution is -0.141. The van der Waals surface area contributed by atoms with E-state index in [4.69, 9.17) is 9.47 Å². The van der Waals surface area contributed by atoms with Crippen molar-refractivity contribution in [1.82, 2.24) is 14.5 Å². The molecule has 2 aliphatic heterocycles. The number of pyridine rings is 1. The molecule has 0 aliphatic carbocycles. The SMILES string of the molecule is O=C(C1CCOCC1)N1Cc2cccn2C[C@H](OCc2ccccn2)C1. The maximum Gasteiger partial charge on any atom is 0.226 e. The summed E-state index contributed by atoms with van der Waals surface area (Å²) in [4.78, 5) is 19.3. The minimum atomic E-state index is -0.0468. The molecule has 2 aliphatic rings. The van der Waals surface area contributed by atoms with Gasteiger partial charge in [0.2, 0.25) is 5.91 Å². The summed E-state index contributed by atoms with van der Waals surface area (Å²) in [6.07, 6.45) is 5.42. The van der Waals surface area contributed by atoms with E-state index in [0.29, 0.717) is 32.9 Å². The second-order valence-corrected chi connectivity index (χ2v) is 7.01. The van der Waals surface area contributed by atoms with Crippen LogP contribution in [0.4, 0.5) is 0 Å². The lowest BCUT2D eigenvalue weighted by Crippen LogP contribution is -2.42. The molecular weight excluding hydrogens is 330 g/mol. The Labute approximate surface area is 153 Å². The van der Waals surface area contributed by atoms with E-state index in [-0.39, 0.29) is 17.9 Å². The molecule has 26 heavy (non-hydrogen) atoms. The van der Waals surface area contributed by atoms with E-state index in [0.717, 1.165) is 30.8 Å². The average molecular weight is 355 g/mol. The van der Waals surface area contributed by atoms with Gasteiger partial charge in [0, 0.05) is 43.8 Å². The first-order valence-corrected chi connectivity index (χ1v) is 9.31. The van der Waals surface area contributed by atoms with Gasteiger partial charge >= 0.3 is 0 Å². The fourth-order valence-electron chi connectivity index (χ4n) is 3.72. The van der Waals surface area contributed by atoms with Gasteiger partial charge in [0.25, 0.3) is 0 Å². The van der Waals surface area contributed by atoms with Gasteiger partial charge in [-0.1, -0.05) is 6.07 Å². The summed E-state index contributed by atoms with van der Waals surface area (Å²) in [6.45, 7) is 3.84. The largest absolute Gasteiger partial charge is 0.381 e. The highest BCUT2D eigenvalue weighted by Gasteiger charge is 2.30. The predicted molar refractivity (Wildman–Crippen MR) is 96.2 cm³/mol. The van der Waals surface area contributed by atoms with E-state index < -0.39 is 0 Å². The van der Waals surface area contributed by atoms with Crippen LogP contribution < -0.4 is 0 Å². The Balaban J connectivity index is 1.47. The second-order valence-electron chi connectivity index (χ2n) is 7.01. The molecule has 0 bridgehead atoms. The molecule has 0 spiro atoms. The third-order valence-corrected chi connectivity index (χ3v) is 5.18. The molecule has 138 valence electrons. The molecular formula is C20H25N3O3. The highest BCUT2D eigenvalue weighted by Crippen LogP contribution is 2.22. The molecule has 1 amide bonds. The van der Waals surface area contributed by atoms with Crippen LogP contribution in [0.5, 0.6) is 0 Å². The zero-order valence-electron chi connectivity index (χ0n) is 14.9. The maximum atomic E-state index is 13.1. The van der Waals surface area contributed by atoms with Crippen LogP contribution in [0.2, 0.25) is 0 Å². The second kappa shape index (κ2) is 8.01. The molecule has 0 radical (unpaired) electrons. The van der Waals surface area contributed by atoms with Gasteiger partial charge < -0.3 is 18.9 Å². The van der Waals surface area contributed by atoms with Crippen molar-refractivity contribution in [2.75, 3.05) is 19.8 Å². The summed E-state index contributed by atoms with van der Waals surface area (Å²) in [5.41, 5.74) is 2.07. The standard InChI is InChI=1S/C20H25N3O3/c24-20(16-6-10-25-11-7-16)23-12-18-5-3-9-22(18)13-19(14-23)26-15-17-4-1-2-8-21-17/h1-5,8-9,16,19H,6-7,10-15H2/t19-/m0/s1. The molecule has 1 atom stereocenters. The van der Waals surface area contributed by atoms with E-state index in [1.807, 2.05) is 29.2 Å². The van der Waals surface area contributed by atoms with Crippen LogP contribution in [0.1, 0.15) is 24.2 Å². The van der Waals surface area contributed by atoms with Crippen LogP contribution in [0.25, 0.3) is 0 Å². The van der Waals surface area contributed by atoms with Gasteiger partial charge in [-0.05, 0) is 37.1 Å². The van der Waals surface area contributed by atoms with Gasteiger partial charge in [0.05, 0.1) is 31.5 Å². The topological polar surface area (TPSA) is 56.6 Å². The molecule has 6 nitrogen and oxygen atoms in total. The molecule has 1 saturated heterocycles. The zero-order chi connectivity index (χ0) is 17.8.